The van der Waals surface area contributed by atoms with Crippen molar-refractivity contribution in [2.24, 2.45) is 7.05 Å². The van der Waals surface area contributed by atoms with Crippen LogP contribution < -0.4 is 9.47 Å². The molecule has 0 aliphatic carbocycles. The van der Waals surface area contributed by atoms with Crippen molar-refractivity contribution < 1.29 is 13.0 Å². The van der Waals surface area contributed by atoms with Gasteiger partial charge in [-0.3, -0.25) is 0 Å². The second-order valence-electron chi connectivity index (χ2n) is 5.15. The summed E-state index contributed by atoms with van der Waals surface area (Å²) in [5.74, 6) is 0. The van der Waals surface area contributed by atoms with Crippen molar-refractivity contribution in [3.63, 3.8) is 0 Å². The minimum Gasteiger partial charge on any atom is -0.376 e. The molecule has 20 heavy (non-hydrogen) atoms. The van der Waals surface area contributed by atoms with Gasteiger partial charge >= 0.3 is 0 Å². The van der Waals surface area contributed by atoms with Gasteiger partial charge in [0.05, 0.1) is 11.1 Å². The quantitative estimate of drug-likeness (QED) is 0.793. The lowest BCUT2D eigenvalue weighted by Crippen LogP contribution is -2.34. The van der Waals surface area contributed by atoms with Crippen molar-refractivity contribution in [3.05, 3.63) is 30.5 Å². The van der Waals surface area contributed by atoms with Gasteiger partial charge in [0.15, 0.2) is 11.1 Å². The maximum Gasteiger partial charge on any atom is 0.250 e. The lowest BCUT2D eigenvalue weighted by Gasteiger charge is -2.20. The molecule has 0 fully saturated rings. The van der Waals surface area contributed by atoms with E-state index in [0.717, 1.165) is 10.9 Å². The molecule has 0 bridgehead atoms. The van der Waals surface area contributed by atoms with E-state index in [1.54, 1.807) is 20.3 Å². The standard InChI is InChI=1S/C14H20N3O2S/c1-15(2)14-11-8-6-7-9-12(11)17(5)10-13(14)20(18,19)16(3)4/h6-10H,1-5H3/q+1. The first kappa shape index (κ1) is 14.7. The molecule has 0 aliphatic rings. The predicted octanol–water partition coefficient (Wildman–Crippen LogP) is 0.981. The van der Waals surface area contributed by atoms with Crippen LogP contribution in [0.25, 0.3) is 10.9 Å². The third kappa shape index (κ3) is 2.25. The Hall–Kier alpha value is -1.66. The minimum absolute atomic E-state index is 0.314. The van der Waals surface area contributed by atoms with Gasteiger partial charge in [-0.05, 0) is 6.07 Å². The SMILES string of the molecule is CN(C)c1c(S(=O)(=O)N(C)C)c[n+](C)c2ccccc12. The van der Waals surface area contributed by atoms with Crippen molar-refractivity contribution in [3.8, 4) is 0 Å². The molecule has 0 atom stereocenters. The predicted molar refractivity (Wildman–Crippen MR) is 80.3 cm³/mol. The molecule has 0 aliphatic heterocycles. The average molecular weight is 294 g/mol. The number of pyridine rings is 1. The zero-order valence-corrected chi connectivity index (χ0v) is 13.3. The molecule has 0 N–H and O–H groups in total. The first-order valence-corrected chi connectivity index (χ1v) is 7.72. The van der Waals surface area contributed by atoms with Crippen LogP contribution in [0.4, 0.5) is 5.69 Å². The van der Waals surface area contributed by atoms with E-state index in [0.29, 0.717) is 10.6 Å². The summed E-state index contributed by atoms with van der Waals surface area (Å²) in [7, 11) is 5.17. The highest BCUT2D eigenvalue weighted by Crippen LogP contribution is 2.31. The van der Waals surface area contributed by atoms with Crippen LogP contribution in [-0.4, -0.2) is 40.9 Å². The molecule has 0 unspecified atom stereocenters. The van der Waals surface area contributed by atoms with Crippen LogP contribution in [0.15, 0.2) is 35.4 Å². The summed E-state index contributed by atoms with van der Waals surface area (Å²) in [6.07, 6.45) is 1.67. The average Bonchev–Trinajstić information content (AvgIpc) is 2.37. The highest BCUT2D eigenvalue weighted by molar-refractivity contribution is 7.89. The maximum absolute atomic E-state index is 12.5. The first-order chi connectivity index (χ1) is 9.26. The zero-order chi connectivity index (χ0) is 15.1. The summed E-state index contributed by atoms with van der Waals surface area (Å²) in [5.41, 5.74) is 1.71. The van der Waals surface area contributed by atoms with E-state index < -0.39 is 10.0 Å². The van der Waals surface area contributed by atoms with Gasteiger partial charge < -0.3 is 4.90 Å². The number of benzene rings is 1. The smallest absolute Gasteiger partial charge is 0.250 e. The fourth-order valence-electron chi connectivity index (χ4n) is 2.27. The molecule has 0 radical (unpaired) electrons. The number of sulfonamides is 1. The largest absolute Gasteiger partial charge is 0.376 e. The van der Waals surface area contributed by atoms with Gasteiger partial charge in [0.1, 0.15) is 7.05 Å². The fraction of sp³-hybridized carbons (Fsp3) is 0.357. The van der Waals surface area contributed by atoms with Crippen molar-refractivity contribution in [1.82, 2.24) is 4.31 Å². The number of para-hydroxylation sites is 1. The Morgan fingerprint density at radius 1 is 1.05 bits per heavy atom. The van der Waals surface area contributed by atoms with Crippen LogP contribution in [0.3, 0.4) is 0 Å². The molecule has 108 valence electrons. The number of aryl methyl sites for hydroxylation is 1. The molecule has 2 aromatic rings. The van der Waals surface area contributed by atoms with Crippen molar-refractivity contribution >= 4 is 26.6 Å². The first-order valence-electron chi connectivity index (χ1n) is 6.28. The maximum atomic E-state index is 12.5. The molecule has 5 nitrogen and oxygen atoms in total. The molecule has 6 heteroatoms. The molecule has 2 rings (SSSR count). The highest BCUT2D eigenvalue weighted by Gasteiger charge is 2.28. The number of aromatic nitrogens is 1. The lowest BCUT2D eigenvalue weighted by atomic mass is 10.1. The third-order valence-electron chi connectivity index (χ3n) is 3.29. The molecule has 1 aromatic heterocycles. The summed E-state index contributed by atoms with van der Waals surface area (Å²) in [6.45, 7) is 0. The number of anilines is 1. The van der Waals surface area contributed by atoms with Crippen molar-refractivity contribution in [1.29, 1.82) is 0 Å². The van der Waals surface area contributed by atoms with Crippen LogP contribution in [0, 0.1) is 0 Å². The Bertz CT molecular complexity index is 752. The summed E-state index contributed by atoms with van der Waals surface area (Å²) >= 11 is 0. The van der Waals surface area contributed by atoms with Gasteiger partial charge in [0.25, 0.3) is 10.0 Å². The van der Waals surface area contributed by atoms with Crippen LogP contribution in [0.5, 0.6) is 0 Å². The van der Waals surface area contributed by atoms with Crippen LogP contribution in [0.2, 0.25) is 0 Å². The van der Waals surface area contributed by atoms with Gasteiger partial charge in [0, 0.05) is 34.3 Å². The fourth-order valence-corrected chi connectivity index (χ4v) is 3.49. The topological polar surface area (TPSA) is 44.5 Å². The molecule has 0 saturated carbocycles. The molecule has 0 saturated heterocycles. The number of hydrogen-bond donors (Lipinski definition) is 0. The van der Waals surface area contributed by atoms with Crippen molar-refractivity contribution in [2.75, 3.05) is 33.1 Å². The number of rotatable bonds is 3. The molecular formula is C14H20N3O2S+. The van der Waals surface area contributed by atoms with E-state index in [1.165, 1.54) is 4.31 Å². The van der Waals surface area contributed by atoms with Gasteiger partial charge in [-0.2, -0.15) is 4.57 Å². The van der Waals surface area contributed by atoms with Gasteiger partial charge in [-0.15, -0.1) is 0 Å². The monoisotopic (exact) mass is 294 g/mol. The third-order valence-corrected chi connectivity index (χ3v) is 5.11. The normalized spacial score (nSPS) is 12.1. The summed E-state index contributed by atoms with van der Waals surface area (Å²) in [6, 6.07) is 7.79. The number of fused-ring (bicyclic) bond motifs is 1. The van der Waals surface area contributed by atoms with Crippen LogP contribution in [-0.2, 0) is 17.1 Å². The van der Waals surface area contributed by atoms with Crippen LogP contribution in [0.1, 0.15) is 0 Å². The molecule has 0 amide bonds. The zero-order valence-electron chi connectivity index (χ0n) is 12.5. The second kappa shape index (κ2) is 5.03. The number of nitrogens with zero attached hydrogens (tertiary/aromatic N) is 3. The molecule has 0 spiro atoms. The molecule has 1 aromatic carbocycles. The summed E-state index contributed by atoms with van der Waals surface area (Å²) in [4.78, 5) is 2.16. The van der Waals surface area contributed by atoms with Gasteiger partial charge in [-0.25, -0.2) is 12.7 Å². The van der Waals surface area contributed by atoms with E-state index in [1.807, 2.05) is 54.9 Å². The summed E-state index contributed by atoms with van der Waals surface area (Å²) < 4.78 is 28.2. The minimum atomic E-state index is -3.50. The lowest BCUT2D eigenvalue weighted by molar-refractivity contribution is -0.646. The second-order valence-corrected chi connectivity index (χ2v) is 7.27. The summed E-state index contributed by atoms with van der Waals surface area (Å²) in [5, 5.41) is 0.919. The van der Waals surface area contributed by atoms with E-state index >= 15 is 0 Å². The number of hydrogen-bond acceptors (Lipinski definition) is 3. The van der Waals surface area contributed by atoms with Gasteiger partial charge in [-0.1, -0.05) is 12.1 Å². The van der Waals surface area contributed by atoms with E-state index in [-0.39, 0.29) is 0 Å². The van der Waals surface area contributed by atoms with Gasteiger partial charge in [0.2, 0.25) is 5.52 Å². The Balaban J connectivity index is 2.96. The van der Waals surface area contributed by atoms with Crippen molar-refractivity contribution in [2.45, 2.75) is 4.90 Å². The molecule has 1 heterocycles. The van der Waals surface area contributed by atoms with Crippen LogP contribution >= 0.6 is 0 Å². The Kier molecular flexibility index (Phi) is 3.71. The van der Waals surface area contributed by atoms with E-state index in [2.05, 4.69) is 0 Å². The Labute approximate surface area is 120 Å². The van der Waals surface area contributed by atoms with E-state index in [9.17, 15) is 8.42 Å². The van der Waals surface area contributed by atoms with E-state index in [4.69, 9.17) is 0 Å². The Morgan fingerprint density at radius 3 is 2.20 bits per heavy atom. The molecular weight excluding hydrogens is 274 g/mol. The Morgan fingerprint density at radius 2 is 1.65 bits per heavy atom. The highest BCUT2D eigenvalue weighted by atomic mass is 32.2.